The number of nitrogens with one attached hydrogen (secondary N) is 1. The molecular weight excluding hydrogens is 218 g/mol. The van der Waals surface area contributed by atoms with Crippen molar-refractivity contribution in [3.8, 4) is 0 Å². The zero-order valence-electron chi connectivity index (χ0n) is 13.0. The van der Waals surface area contributed by atoms with Crippen molar-refractivity contribution in [2.45, 2.75) is 71.8 Å². The smallest absolute Gasteiger partial charge is 0.0178 e. The predicted molar refractivity (Wildman–Crippen MR) is 77.5 cm³/mol. The Balaban J connectivity index is 1.99. The minimum absolute atomic E-state index is 0.310. The van der Waals surface area contributed by atoms with E-state index >= 15 is 0 Å². The quantitative estimate of drug-likeness (QED) is 0.789. The Kier molecular flexibility index (Phi) is 2.70. The van der Waals surface area contributed by atoms with Gasteiger partial charge in [0.15, 0.2) is 0 Å². The van der Waals surface area contributed by atoms with Crippen LogP contribution in [0.25, 0.3) is 0 Å². The van der Waals surface area contributed by atoms with Gasteiger partial charge in [-0.1, -0.05) is 13.8 Å². The standard InChI is InChI=1S/C17H31N/c1-12(2)16-7-13-6-14(8-16)10-17(9-13,11-16)15(3,4)18-5/h12-14,18H,6-11H2,1-5H3. The van der Waals surface area contributed by atoms with Gasteiger partial charge >= 0.3 is 0 Å². The van der Waals surface area contributed by atoms with Crippen LogP contribution in [-0.4, -0.2) is 12.6 Å². The van der Waals surface area contributed by atoms with E-state index in [2.05, 4.69) is 40.1 Å². The molecule has 104 valence electrons. The van der Waals surface area contributed by atoms with Gasteiger partial charge in [0.25, 0.3) is 0 Å². The van der Waals surface area contributed by atoms with Crippen molar-refractivity contribution in [1.29, 1.82) is 0 Å². The highest BCUT2D eigenvalue weighted by atomic mass is 15.0. The first-order valence-corrected chi connectivity index (χ1v) is 8.01. The summed E-state index contributed by atoms with van der Waals surface area (Å²) >= 11 is 0. The average Bonchev–Trinajstić information content (AvgIpc) is 2.26. The monoisotopic (exact) mass is 249 g/mol. The van der Waals surface area contributed by atoms with Crippen LogP contribution in [0, 0.1) is 28.6 Å². The van der Waals surface area contributed by atoms with Crippen LogP contribution in [0.2, 0.25) is 0 Å². The third kappa shape index (κ3) is 1.55. The van der Waals surface area contributed by atoms with Crippen molar-refractivity contribution in [2.24, 2.45) is 28.6 Å². The van der Waals surface area contributed by atoms with Crippen LogP contribution in [0.5, 0.6) is 0 Å². The van der Waals surface area contributed by atoms with Crippen LogP contribution in [0.3, 0.4) is 0 Å². The van der Waals surface area contributed by atoms with Crippen LogP contribution in [0.15, 0.2) is 0 Å². The van der Waals surface area contributed by atoms with Crippen molar-refractivity contribution in [3.63, 3.8) is 0 Å². The van der Waals surface area contributed by atoms with Crippen molar-refractivity contribution >= 4 is 0 Å². The maximum absolute atomic E-state index is 3.65. The predicted octanol–water partition coefficient (Wildman–Crippen LogP) is 4.23. The maximum Gasteiger partial charge on any atom is 0.0178 e. The maximum atomic E-state index is 3.65. The first-order chi connectivity index (χ1) is 8.32. The highest BCUT2D eigenvalue weighted by Gasteiger charge is 2.62. The lowest BCUT2D eigenvalue weighted by Crippen LogP contribution is -2.64. The number of hydrogen-bond donors (Lipinski definition) is 1. The van der Waals surface area contributed by atoms with Crippen LogP contribution < -0.4 is 5.32 Å². The van der Waals surface area contributed by atoms with Gasteiger partial charge in [0, 0.05) is 5.54 Å². The minimum atomic E-state index is 0.310. The van der Waals surface area contributed by atoms with Gasteiger partial charge in [-0.05, 0) is 88.0 Å². The second-order valence-corrected chi connectivity index (χ2v) is 8.63. The molecule has 0 aliphatic heterocycles. The number of rotatable bonds is 3. The summed E-state index contributed by atoms with van der Waals surface area (Å²) in [4.78, 5) is 0. The van der Waals surface area contributed by atoms with E-state index in [1.807, 2.05) is 0 Å². The minimum Gasteiger partial charge on any atom is -0.314 e. The molecule has 4 aliphatic rings. The van der Waals surface area contributed by atoms with Crippen molar-refractivity contribution in [3.05, 3.63) is 0 Å². The van der Waals surface area contributed by atoms with Gasteiger partial charge in [0.05, 0.1) is 0 Å². The lowest BCUT2D eigenvalue weighted by atomic mass is 9.39. The molecule has 1 heteroatoms. The van der Waals surface area contributed by atoms with Gasteiger partial charge in [-0.3, -0.25) is 0 Å². The molecule has 0 spiro atoms. The summed E-state index contributed by atoms with van der Waals surface area (Å²) in [5.74, 6) is 2.93. The zero-order valence-corrected chi connectivity index (χ0v) is 13.0. The molecule has 2 atom stereocenters. The summed E-state index contributed by atoms with van der Waals surface area (Å²) in [7, 11) is 2.17. The molecule has 4 rings (SSSR count). The molecule has 1 N–H and O–H groups in total. The third-order valence-corrected chi connectivity index (χ3v) is 7.28. The molecule has 0 radical (unpaired) electrons. The Bertz CT molecular complexity index is 328. The molecule has 4 bridgehead atoms. The van der Waals surface area contributed by atoms with E-state index in [4.69, 9.17) is 0 Å². The Morgan fingerprint density at radius 1 is 1.06 bits per heavy atom. The van der Waals surface area contributed by atoms with Gasteiger partial charge < -0.3 is 5.32 Å². The fourth-order valence-corrected chi connectivity index (χ4v) is 6.01. The summed E-state index contributed by atoms with van der Waals surface area (Å²) in [6, 6.07) is 0. The molecule has 4 fully saturated rings. The number of hydrogen-bond acceptors (Lipinski definition) is 1. The molecule has 1 nitrogen and oxygen atoms in total. The fraction of sp³-hybridized carbons (Fsp3) is 1.00. The van der Waals surface area contributed by atoms with Crippen molar-refractivity contribution in [1.82, 2.24) is 5.32 Å². The molecule has 0 aromatic carbocycles. The van der Waals surface area contributed by atoms with Crippen LogP contribution in [0.1, 0.15) is 66.2 Å². The van der Waals surface area contributed by atoms with Crippen molar-refractivity contribution < 1.29 is 0 Å². The Labute approximate surface area is 113 Å². The molecule has 18 heavy (non-hydrogen) atoms. The second-order valence-electron chi connectivity index (χ2n) is 8.63. The summed E-state index contributed by atoms with van der Waals surface area (Å²) in [5.41, 5.74) is 1.57. The summed E-state index contributed by atoms with van der Waals surface area (Å²) < 4.78 is 0. The van der Waals surface area contributed by atoms with Crippen LogP contribution in [0.4, 0.5) is 0 Å². The van der Waals surface area contributed by atoms with E-state index in [0.29, 0.717) is 16.4 Å². The van der Waals surface area contributed by atoms with E-state index in [1.54, 1.807) is 0 Å². The van der Waals surface area contributed by atoms with E-state index in [9.17, 15) is 0 Å². The van der Waals surface area contributed by atoms with Crippen LogP contribution in [-0.2, 0) is 0 Å². The van der Waals surface area contributed by atoms with Gasteiger partial charge in [0.1, 0.15) is 0 Å². The topological polar surface area (TPSA) is 12.0 Å². The Morgan fingerprint density at radius 2 is 1.61 bits per heavy atom. The molecule has 0 amide bonds. The summed E-state index contributed by atoms with van der Waals surface area (Å²) in [6.45, 7) is 9.86. The molecule has 0 aromatic heterocycles. The normalized spacial score (nSPS) is 47.0. The summed E-state index contributed by atoms with van der Waals surface area (Å²) in [5, 5.41) is 3.65. The molecule has 0 saturated heterocycles. The molecule has 2 unspecified atom stereocenters. The van der Waals surface area contributed by atoms with E-state index in [-0.39, 0.29) is 0 Å². The molecule has 0 heterocycles. The van der Waals surface area contributed by atoms with E-state index in [1.165, 1.54) is 38.5 Å². The second kappa shape index (κ2) is 3.75. The molecule has 4 aliphatic carbocycles. The van der Waals surface area contributed by atoms with Gasteiger partial charge in [-0.15, -0.1) is 0 Å². The Morgan fingerprint density at radius 3 is 2.06 bits per heavy atom. The zero-order chi connectivity index (χ0) is 13.2. The van der Waals surface area contributed by atoms with Crippen LogP contribution >= 0.6 is 0 Å². The molecule has 4 saturated carbocycles. The molecule has 0 aromatic rings. The largest absolute Gasteiger partial charge is 0.314 e. The van der Waals surface area contributed by atoms with E-state index in [0.717, 1.165) is 17.8 Å². The molecular formula is C17H31N. The summed E-state index contributed by atoms with van der Waals surface area (Å²) in [6.07, 6.45) is 9.07. The lowest BCUT2D eigenvalue weighted by molar-refractivity contribution is -0.160. The lowest BCUT2D eigenvalue weighted by Gasteiger charge is -2.67. The Hall–Kier alpha value is -0.0400. The first kappa shape index (κ1) is 13.0. The SMILES string of the molecule is CNC(C)(C)C12CC3CC(CC(C(C)C)(C3)C1)C2. The average molecular weight is 249 g/mol. The third-order valence-electron chi connectivity index (χ3n) is 7.28. The van der Waals surface area contributed by atoms with Gasteiger partial charge in [-0.2, -0.15) is 0 Å². The van der Waals surface area contributed by atoms with E-state index < -0.39 is 0 Å². The fourth-order valence-electron chi connectivity index (χ4n) is 6.01. The van der Waals surface area contributed by atoms with Gasteiger partial charge in [0.2, 0.25) is 0 Å². The first-order valence-electron chi connectivity index (χ1n) is 8.01. The highest BCUT2D eigenvalue weighted by Crippen LogP contribution is 2.69. The highest BCUT2D eigenvalue weighted by molar-refractivity contribution is 5.14. The van der Waals surface area contributed by atoms with Gasteiger partial charge in [-0.25, -0.2) is 0 Å². The van der Waals surface area contributed by atoms with Crippen molar-refractivity contribution in [2.75, 3.05) is 7.05 Å².